The number of nitrogens with one attached hydrogen (secondary N) is 1. The molecule has 2 rings (SSSR count). The largest absolute Gasteiger partial charge is 0.369 e. The minimum Gasteiger partial charge on any atom is -0.369 e. The normalized spacial score (nSPS) is 30.0. The Balaban J connectivity index is 1.93. The number of piperidine rings is 1. The SMILES string of the molecule is CC1(OC2(C)CCNCC2)CCCCC1. The first kappa shape index (κ1) is 11.4. The monoisotopic (exact) mass is 211 g/mol. The van der Waals surface area contributed by atoms with Crippen LogP contribution in [0.1, 0.15) is 58.8 Å². The van der Waals surface area contributed by atoms with Crippen LogP contribution in [-0.2, 0) is 4.74 Å². The quantitative estimate of drug-likeness (QED) is 0.758. The molecule has 0 aromatic rings. The number of hydrogen-bond donors (Lipinski definition) is 1. The average molecular weight is 211 g/mol. The van der Waals surface area contributed by atoms with Crippen LogP contribution in [0.3, 0.4) is 0 Å². The Morgan fingerprint density at radius 3 is 1.93 bits per heavy atom. The summed E-state index contributed by atoms with van der Waals surface area (Å²) in [5.74, 6) is 0. The Morgan fingerprint density at radius 1 is 0.800 bits per heavy atom. The molecule has 1 aliphatic heterocycles. The van der Waals surface area contributed by atoms with Crippen molar-refractivity contribution in [2.75, 3.05) is 13.1 Å². The maximum atomic E-state index is 6.47. The summed E-state index contributed by atoms with van der Waals surface area (Å²) >= 11 is 0. The van der Waals surface area contributed by atoms with Crippen LogP contribution < -0.4 is 5.32 Å². The van der Waals surface area contributed by atoms with Crippen molar-refractivity contribution < 1.29 is 4.74 Å². The van der Waals surface area contributed by atoms with Crippen LogP contribution in [-0.4, -0.2) is 24.3 Å². The fraction of sp³-hybridized carbons (Fsp3) is 1.00. The summed E-state index contributed by atoms with van der Waals surface area (Å²) < 4.78 is 6.47. The second kappa shape index (κ2) is 4.42. The minimum absolute atomic E-state index is 0.136. The van der Waals surface area contributed by atoms with E-state index in [0.717, 1.165) is 13.1 Å². The average Bonchev–Trinajstić information content (AvgIpc) is 2.18. The molecule has 88 valence electrons. The summed E-state index contributed by atoms with van der Waals surface area (Å²) in [5.41, 5.74) is 0.307. The Morgan fingerprint density at radius 2 is 1.33 bits per heavy atom. The van der Waals surface area contributed by atoms with Gasteiger partial charge in [-0.05, 0) is 52.6 Å². The predicted octanol–water partition coefficient (Wildman–Crippen LogP) is 2.87. The third-order valence-corrected chi connectivity index (χ3v) is 4.07. The lowest BCUT2D eigenvalue weighted by Gasteiger charge is -2.44. The molecule has 2 fully saturated rings. The van der Waals surface area contributed by atoms with Gasteiger partial charge in [0, 0.05) is 0 Å². The summed E-state index contributed by atoms with van der Waals surface area (Å²) in [4.78, 5) is 0. The molecular weight excluding hydrogens is 186 g/mol. The first-order chi connectivity index (χ1) is 7.12. The summed E-state index contributed by atoms with van der Waals surface area (Å²) in [5, 5.41) is 3.41. The van der Waals surface area contributed by atoms with Crippen molar-refractivity contribution in [1.82, 2.24) is 5.32 Å². The van der Waals surface area contributed by atoms with Crippen molar-refractivity contribution >= 4 is 0 Å². The van der Waals surface area contributed by atoms with Gasteiger partial charge in [0.1, 0.15) is 0 Å². The molecule has 1 heterocycles. The zero-order valence-electron chi connectivity index (χ0n) is 10.3. The Kier molecular flexibility index (Phi) is 3.36. The van der Waals surface area contributed by atoms with Crippen LogP contribution in [0.2, 0.25) is 0 Å². The van der Waals surface area contributed by atoms with E-state index in [-0.39, 0.29) is 11.2 Å². The van der Waals surface area contributed by atoms with Crippen molar-refractivity contribution in [2.24, 2.45) is 0 Å². The van der Waals surface area contributed by atoms with Gasteiger partial charge < -0.3 is 10.1 Å². The zero-order chi connectivity index (χ0) is 10.8. The van der Waals surface area contributed by atoms with Gasteiger partial charge in [0.2, 0.25) is 0 Å². The van der Waals surface area contributed by atoms with Gasteiger partial charge >= 0.3 is 0 Å². The third-order valence-electron chi connectivity index (χ3n) is 4.07. The van der Waals surface area contributed by atoms with Gasteiger partial charge in [-0.1, -0.05) is 19.3 Å². The standard InChI is InChI=1S/C13H25NO/c1-12(6-4-3-5-7-12)15-13(2)8-10-14-11-9-13/h14H,3-11H2,1-2H3. The summed E-state index contributed by atoms with van der Waals surface area (Å²) in [7, 11) is 0. The lowest BCUT2D eigenvalue weighted by Crippen LogP contribution is -2.48. The first-order valence-electron chi connectivity index (χ1n) is 6.53. The first-order valence-corrected chi connectivity index (χ1v) is 6.53. The van der Waals surface area contributed by atoms with Crippen LogP contribution in [0.15, 0.2) is 0 Å². The molecule has 0 aromatic heterocycles. The highest BCUT2D eigenvalue weighted by atomic mass is 16.5. The molecular formula is C13H25NO. The van der Waals surface area contributed by atoms with Crippen molar-refractivity contribution in [3.8, 4) is 0 Å². The molecule has 2 heteroatoms. The Bertz CT molecular complexity index is 181. The van der Waals surface area contributed by atoms with Crippen molar-refractivity contribution in [3.05, 3.63) is 0 Å². The van der Waals surface area contributed by atoms with E-state index in [2.05, 4.69) is 19.2 Å². The topological polar surface area (TPSA) is 21.3 Å². The second-order valence-electron chi connectivity index (χ2n) is 5.81. The van der Waals surface area contributed by atoms with E-state index in [1.165, 1.54) is 44.9 Å². The lowest BCUT2D eigenvalue weighted by molar-refractivity contribution is -0.164. The molecule has 0 radical (unpaired) electrons. The van der Waals surface area contributed by atoms with Crippen molar-refractivity contribution in [3.63, 3.8) is 0 Å². The molecule has 2 nitrogen and oxygen atoms in total. The lowest BCUT2D eigenvalue weighted by atomic mass is 9.84. The Hall–Kier alpha value is -0.0800. The fourth-order valence-corrected chi connectivity index (χ4v) is 3.05. The molecule has 0 atom stereocenters. The zero-order valence-corrected chi connectivity index (χ0v) is 10.3. The molecule has 2 aliphatic rings. The van der Waals surface area contributed by atoms with Crippen LogP contribution in [0.25, 0.3) is 0 Å². The number of ether oxygens (including phenoxy) is 1. The highest BCUT2D eigenvalue weighted by Crippen LogP contribution is 2.37. The molecule has 1 saturated carbocycles. The second-order valence-corrected chi connectivity index (χ2v) is 5.81. The predicted molar refractivity (Wildman–Crippen MR) is 63.1 cm³/mol. The number of rotatable bonds is 2. The summed E-state index contributed by atoms with van der Waals surface area (Å²) in [6, 6.07) is 0. The molecule has 15 heavy (non-hydrogen) atoms. The molecule has 0 aromatic carbocycles. The highest BCUT2D eigenvalue weighted by Gasteiger charge is 2.37. The van der Waals surface area contributed by atoms with Gasteiger partial charge in [-0.15, -0.1) is 0 Å². The van der Waals surface area contributed by atoms with Crippen molar-refractivity contribution in [1.29, 1.82) is 0 Å². The maximum absolute atomic E-state index is 6.47. The molecule has 0 amide bonds. The summed E-state index contributed by atoms with van der Waals surface area (Å²) in [6.45, 7) is 6.85. The highest BCUT2D eigenvalue weighted by molar-refractivity contribution is 4.88. The van der Waals surface area contributed by atoms with Gasteiger partial charge in [-0.25, -0.2) is 0 Å². The van der Waals surface area contributed by atoms with Crippen molar-refractivity contribution in [2.45, 2.75) is 70.0 Å². The van der Waals surface area contributed by atoms with Gasteiger partial charge in [-0.3, -0.25) is 0 Å². The van der Waals surface area contributed by atoms with E-state index < -0.39 is 0 Å². The van der Waals surface area contributed by atoms with E-state index in [4.69, 9.17) is 4.74 Å². The fourth-order valence-electron chi connectivity index (χ4n) is 3.05. The van der Waals surface area contributed by atoms with Gasteiger partial charge in [0.25, 0.3) is 0 Å². The Labute approximate surface area is 93.8 Å². The molecule has 0 bridgehead atoms. The van der Waals surface area contributed by atoms with Crippen LogP contribution >= 0.6 is 0 Å². The van der Waals surface area contributed by atoms with Crippen LogP contribution in [0.5, 0.6) is 0 Å². The maximum Gasteiger partial charge on any atom is 0.0686 e. The van der Waals surface area contributed by atoms with E-state index in [1.54, 1.807) is 0 Å². The van der Waals surface area contributed by atoms with Gasteiger partial charge in [-0.2, -0.15) is 0 Å². The molecule has 1 saturated heterocycles. The smallest absolute Gasteiger partial charge is 0.0686 e. The van der Waals surface area contributed by atoms with Crippen LogP contribution in [0, 0.1) is 0 Å². The summed E-state index contributed by atoms with van der Waals surface area (Å²) in [6.07, 6.45) is 8.96. The van der Waals surface area contributed by atoms with Gasteiger partial charge in [0.05, 0.1) is 11.2 Å². The van der Waals surface area contributed by atoms with E-state index in [9.17, 15) is 0 Å². The number of hydrogen-bond acceptors (Lipinski definition) is 2. The molecule has 1 N–H and O–H groups in total. The van der Waals surface area contributed by atoms with Crippen LogP contribution in [0.4, 0.5) is 0 Å². The van der Waals surface area contributed by atoms with E-state index in [1.807, 2.05) is 0 Å². The molecule has 1 aliphatic carbocycles. The van der Waals surface area contributed by atoms with E-state index >= 15 is 0 Å². The third kappa shape index (κ3) is 2.94. The van der Waals surface area contributed by atoms with Gasteiger partial charge in [0.15, 0.2) is 0 Å². The minimum atomic E-state index is 0.136. The van der Waals surface area contributed by atoms with E-state index in [0.29, 0.717) is 0 Å². The molecule has 0 unspecified atom stereocenters. The molecule has 0 spiro atoms.